The number of rotatable bonds is 5. The Labute approximate surface area is 124 Å². The fraction of sp³-hybridized carbons (Fsp3) is 0.182. The van der Waals surface area contributed by atoms with Crippen molar-refractivity contribution >= 4 is 32.1 Å². The van der Waals surface area contributed by atoms with E-state index in [2.05, 4.69) is 15.1 Å². The lowest BCUT2D eigenvalue weighted by Gasteiger charge is -2.06. The third kappa shape index (κ3) is 2.53. The molecule has 0 unspecified atom stereocenters. The van der Waals surface area contributed by atoms with Crippen molar-refractivity contribution in [2.45, 2.75) is 18.5 Å². The summed E-state index contributed by atoms with van der Waals surface area (Å²) in [6.45, 7) is 1.85. The summed E-state index contributed by atoms with van der Waals surface area (Å²) in [4.78, 5) is 4.66. The third-order valence-corrected chi connectivity index (χ3v) is 5.02. The predicted molar refractivity (Wildman–Crippen MR) is 78.3 cm³/mol. The molecule has 21 heavy (non-hydrogen) atoms. The van der Waals surface area contributed by atoms with Crippen LogP contribution >= 0.6 is 11.3 Å². The molecule has 0 amide bonds. The van der Waals surface area contributed by atoms with Crippen LogP contribution in [0.2, 0.25) is 0 Å². The molecule has 0 atom stereocenters. The molecule has 0 aromatic carbocycles. The summed E-state index contributed by atoms with van der Waals surface area (Å²) < 4.78 is 34.2. The van der Waals surface area contributed by atoms with Crippen LogP contribution in [-0.2, 0) is 16.6 Å². The molecule has 0 aliphatic heterocycles. The number of furan rings is 1. The maximum absolute atomic E-state index is 12.5. The highest BCUT2D eigenvalue weighted by Crippen LogP contribution is 2.25. The van der Waals surface area contributed by atoms with Gasteiger partial charge in [-0.05, 0) is 19.1 Å². The molecule has 4 N–H and O–H groups in total. The summed E-state index contributed by atoms with van der Waals surface area (Å²) in [5.74, 6) is 6.70. The number of hydrogen-bond donors (Lipinski definition) is 3. The van der Waals surface area contributed by atoms with Gasteiger partial charge in [-0.25, -0.2) is 19.0 Å². The maximum Gasteiger partial charge on any atom is 0.260 e. The molecule has 0 aliphatic carbocycles. The quantitative estimate of drug-likeness (QED) is 0.477. The molecule has 0 aliphatic rings. The van der Waals surface area contributed by atoms with Gasteiger partial charge in [0.05, 0.1) is 6.54 Å². The largest absolute Gasteiger partial charge is 0.465 e. The summed E-state index contributed by atoms with van der Waals surface area (Å²) in [5, 5.41) is 1.72. The molecule has 0 saturated carbocycles. The van der Waals surface area contributed by atoms with E-state index in [1.807, 2.05) is 0 Å². The molecular weight excluding hydrogens is 314 g/mol. The zero-order valence-electron chi connectivity index (χ0n) is 11.0. The zero-order valence-corrected chi connectivity index (χ0v) is 12.7. The van der Waals surface area contributed by atoms with Gasteiger partial charge in [-0.1, -0.05) is 0 Å². The number of nitrogen functional groups attached to an aromatic ring is 1. The molecule has 3 aromatic rings. The average molecular weight is 327 g/mol. The molecule has 0 saturated heterocycles. The number of nitrogens with two attached hydrogens (primary N) is 1. The molecule has 3 heterocycles. The minimum absolute atomic E-state index is 0.0236. The van der Waals surface area contributed by atoms with Crippen molar-refractivity contribution < 1.29 is 12.8 Å². The Balaban J connectivity index is 1.94. The first-order chi connectivity index (χ1) is 10.0. The number of anilines is 1. The van der Waals surface area contributed by atoms with E-state index in [1.165, 1.54) is 15.7 Å². The van der Waals surface area contributed by atoms with Crippen LogP contribution in [0.5, 0.6) is 0 Å². The van der Waals surface area contributed by atoms with Crippen LogP contribution < -0.4 is 16.0 Å². The van der Waals surface area contributed by atoms with Crippen LogP contribution in [0, 0.1) is 6.92 Å². The van der Waals surface area contributed by atoms with Crippen molar-refractivity contribution in [1.82, 2.24) is 14.1 Å². The molecule has 112 valence electrons. The van der Waals surface area contributed by atoms with Gasteiger partial charge in [0.15, 0.2) is 10.8 Å². The molecule has 3 aromatic heterocycles. The highest BCUT2D eigenvalue weighted by molar-refractivity contribution is 7.89. The fourth-order valence-electron chi connectivity index (χ4n) is 1.93. The Morgan fingerprint density at radius 1 is 1.48 bits per heavy atom. The molecule has 3 rings (SSSR count). The lowest BCUT2D eigenvalue weighted by Crippen LogP contribution is -2.25. The SMILES string of the molecule is Cc1ccc(CNS(=O)(=O)c2c(NN)nc3sccn23)o1. The van der Waals surface area contributed by atoms with Crippen LogP contribution in [-0.4, -0.2) is 17.8 Å². The number of aryl methyl sites for hydroxylation is 1. The average Bonchev–Trinajstić information content (AvgIpc) is 3.10. The van der Waals surface area contributed by atoms with Gasteiger partial charge >= 0.3 is 0 Å². The molecule has 0 fully saturated rings. The monoisotopic (exact) mass is 327 g/mol. The maximum atomic E-state index is 12.5. The Morgan fingerprint density at radius 3 is 2.95 bits per heavy atom. The highest BCUT2D eigenvalue weighted by Gasteiger charge is 2.25. The minimum Gasteiger partial charge on any atom is -0.465 e. The van der Waals surface area contributed by atoms with E-state index in [-0.39, 0.29) is 17.4 Å². The highest BCUT2D eigenvalue weighted by atomic mass is 32.2. The van der Waals surface area contributed by atoms with Crippen molar-refractivity contribution in [1.29, 1.82) is 0 Å². The van der Waals surface area contributed by atoms with Crippen LogP contribution in [0.15, 0.2) is 33.2 Å². The van der Waals surface area contributed by atoms with E-state index in [0.29, 0.717) is 10.7 Å². The summed E-state index contributed by atoms with van der Waals surface area (Å²) in [5.41, 5.74) is 2.31. The van der Waals surface area contributed by atoms with Gasteiger partial charge in [-0.15, -0.1) is 11.3 Å². The number of nitrogens with zero attached hydrogens (tertiary/aromatic N) is 2. The number of thiazole rings is 1. The number of fused-ring (bicyclic) bond motifs is 1. The van der Waals surface area contributed by atoms with Crippen molar-refractivity contribution in [3.8, 4) is 0 Å². The number of aromatic nitrogens is 2. The normalized spacial score (nSPS) is 12.1. The van der Waals surface area contributed by atoms with Crippen molar-refractivity contribution in [3.05, 3.63) is 35.2 Å². The topological polar surface area (TPSA) is 115 Å². The van der Waals surface area contributed by atoms with E-state index >= 15 is 0 Å². The molecule has 0 spiro atoms. The number of hydrazine groups is 1. The summed E-state index contributed by atoms with van der Waals surface area (Å²) in [7, 11) is -3.79. The second kappa shape index (κ2) is 5.15. The zero-order chi connectivity index (χ0) is 15.0. The molecular formula is C11H13N5O3S2. The molecule has 0 radical (unpaired) electrons. The summed E-state index contributed by atoms with van der Waals surface area (Å²) in [6, 6.07) is 3.49. The van der Waals surface area contributed by atoms with E-state index < -0.39 is 10.0 Å². The number of imidazole rings is 1. The number of sulfonamides is 1. The smallest absolute Gasteiger partial charge is 0.260 e. The second-order valence-corrected chi connectivity index (χ2v) is 6.86. The summed E-state index contributed by atoms with van der Waals surface area (Å²) >= 11 is 1.32. The fourth-order valence-corrected chi connectivity index (χ4v) is 3.94. The molecule has 10 heteroatoms. The third-order valence-electron chi connectivity index (χ3n) is 2.84. The number of nitrogens with one attached hydrogen (secondary N) is 2. The van der Waals surface area contributed by atoms with Crippen molar-refractivity contribution in [2.75, 3.05) is 5.43 Å². The van der Waals surface area contributed by atoms with E-state index in [4.69, 9.17) is 10.3 Å². The van der Waals surface area contributed by atoms with E-state index in [0.717, 1.165) is 5.76 Å². The Bertz CT molecular complexity index is 877. The second-order valence-electron chi connectivity index (χ2n) is 4.30. The van der Waals surface area contributed by atoms with Crippen molar-refractivity contribution in [2.24, 2.45) is 5.84 Å². The van der Waals surface area contributed by atoms with Crippen LogP contribution in [0.3, 0.4) is 0 Å². The molecule has 8 nitrogen and oxygen atoms in total. The van der Waals surface area contributed by atoms with Gasteiger partial charge in [-0.3, -0.25) is 4.40 Å². The minimum atomic E-state index is -3.79. The van der Waals surface area contributed by atoms with Gasteiger partial charge in [0.1, 0.15) is 11.5 Å². The number of hydrogen-bond acceptors (Lipinski definition) is 7. The van der Waals surface area contributed by atoms with Gasteiger partial charge in [0.2, 0.25) is 5.03 Å². The first-order valence-electron chi connectivity index (χ1n) is 5.98. The Kier molecular flexibility index (Phi) is 3.45. The lowest BCUT2D eigenvalue weighted by atomic mass is 10.4. The van der Waals surface area contributed by atoms with Crippen LogP contribution in [0.1, 0.15) is 11.5 Å². The van der Waals surface area contributed by atoms with Gasteiger partial charge in [0.25, 0.3) is 10.0 Å². The van der Waals surface area contributed by atoms with Gasteiger partial charge < -0.3 is 9.84 Å². The first-order valence-corrected chi connectivity index (χ1v) is 8.34. The Morgan fingerprint density at radius 2 is 2.29 bits per heavy atom. The summed E-state index contributed by atoms with van der Waals surface area (Å²) in [6.07, 6.45) is 1.62. The Hall–Kier alpha value is -1.88. The van der Waals surface area contributed by atoms with Crippen LogP contribution in [0.25, 0.3) is 4.96 Å². The lowest BCUT2D eigenvalue weighted by molar-refractivity contribution is 0.475. The molecule has 0 bridgehead atoms. The van der Waals surface area contributed by atoms with E-state index in [9.17, 15) is 8.42 Å². The van der Waals surface area contributed by atoms with Crippen LogP contribution in [0.4, 0.5) is 5.82 Å². The van der Waals surface area contributed by atoms with Gasteiger partial charge in [-0.2, -0.15) is 4.98 Å². The first kappa shape index (κ1) is 14.1. The van der Waals surface area contributed by atoms with E-state index in [1.54, 1.807) is 30.6 Å². The van der Waals surface area contributed by atoms with Gasteiger partial charge in [0, 0.05) is 11.6 Å². The standard InChI is InChI=1S/C11H13N5O3S2/c1-7-2-3-8(19-7)6-13-21(17,18)10-9(15-12)14-11-16(10)4-5-20-11/h2-5,13,15H,6,12H2,1H3. The van der Waals surface area contributed by atoms with Crippen molar-refractivity contribution in [3.63, 3.8) is 0 Å². The predicted octanol–water partition coefficient (Wildman–Crippen LogP) is 1.06.